The highest BCUT2D eigenvalue weighted by Gasteiger charge is 2.32. The summed E-state index contributed by atoms with van der Waals surface area (Å²) in [5, 5.41) is 2.96. The van der Waals surface area contributed by atoms with E-state index in [4.69, 9.17) is 0 Å². The van der Waals surface area contributed by atoms with E-state index >= 15 is 0 Å². The van der Waals surface area contributed by atoms with Crippen molar-refractivity contribution >= 4 is 10.8 Å². The van der Waals surface area contributed by atoms with E-state index in [0.29, 0.717) is 0 Å². The minimum atomic E-state index is -1.49. The molecule has 0 radical (unpaired) electrons. The van der Waals surface area contributed by atoms with Gasteiger partial charge in [0.15, 0.2) is 0 Å². The predicted molar refractivity (Wildman–Crippen MR) is 63.3 cm³/mol. The summed E-state index contributed by atoms with van der Waals surface area (Å²) in [6.45, 7) is 0. The smallest absolute Gasteiger partial charge is 0.139 e. The van der Waals surface area contributed by atoms with Crippen molar-refractivity contribution in [1.29, 1.82) is 0 Å². The van der Waals surface area contributed by atoms with Gasteiger partial charge in [0, 0.05) is 6.04 Å². The van der Waals surface area contributed by atoms with E-state index < -0.39 is 22.4 Å². The molecule has 3 unspecified atom stereocenters. The first-order valence-electron chi connectivity index (χ1n) is 5.66. The van der Waals surface area contributed by atoms with Crippen molar-refractivity contribution in [2.45, 2.75) is 35.4 Å². The van der Waals surface area contributed by atoms with Crippen molar-refractivity contribution < 1.29 is 13.0 Å². The van der Waals surface area contributed by atoms with Crippen molar-refractivity contribution in [2.24, 2.45) is 0 Å². The molecule has 94 valence electrons. The van der Waals surface area contributed by atoms with E-state index in [9.17, 15) is 13.0 Å². The monoisotopic (exact) mass is 259 g/mol. The van der Waals surface area contributed by atoms with Crippen LogP contribution in [0.2, 0.25) is 0 Å². The van der Waals surface area contributed by atoms with E-state index in [-0.39, 0.29) is 16.2 Å². The van der Waals surface area contributed by atoms with Crippen molar-refractivity contribution in [1.82, 2.24) is 5.32 Å². The molecule has 1 aromatic rings. The fraction of sp³-hybridized carbons (Fsp3) is 0.500. The summed E-state index contributed by atoms with van der Waals surface area (Å²) in [5.74, 6) is -1.14. The first-order chi connectivity index (χ1) is 8.13. The largest absolute Gasteiger partial charge is 0.316 e. The molecule has 1 N–H and O–H groups in total. The highest BCUT2D eigenvalue weighted by molar-refractivity contribution is 7.85. The van der Waals surface area contributed by atoms with Crippen molar-refractivity contribution in [3.8, 4) is 0 Å². The molecule has 0 bridgehead atoms. The van der Waals surface area contributed by atoms with Crippen LogP contribution in [0.5, 0.6) is 0 Å². The molecule has 17 heavy (non-hydrogen) atoms. The summed E-state index contributed by atoms with van der Waals surface area (Å²) in [6.07, 6.45) is 2.69. The maximum absolute atomic E-state index is 13.5. The van der Waals surface area contributed by atoms with Crippen LogP contribution in [-0.2, 0) is 10.8 Å². The highest BCUT2D eigenvalue weighted by atomic mass is 32.2. The van der Waals surface area contributed by atoms with Crippen LogP contribution in [0, 0.1) is 11.6 Å². The molecule has 2 nitrogen and oxygen atoms in total. The van der Waals surface area contributed by atoms with Crippen molar-refractivity contribution in [3.63, 3.8) is 0 Å². The Balaban J connectivity index is 2.27. The van der Waals surface area contributed by atoms with Crippen LogP contribution in [-0.4, -0.2) is 22.5 Å². The molecule has 5 heteroatoms. The summed E-state index contributed by atoms with van der Waals surface area (Å²) in [7, 11) is 0.320. The number of hydrogen-bond donors (Lipinski definition) is 1. The minimum absolute atomic E-state index is 0.0165. The van der Waals surface area contributed by atoms with Crippen molar-refractivity contribution in [3.05, 3.63) is 29.8 Å². The maximum Gasteiger partial charge on any atom is 0.139 e. The lowest BCUT2D eigenvalue weighted by Gasteiger charge is -2.18. The van der Waals surface area contributed by atoms with Crippen LogP contribution in [0.25, 0.3) is 0 Å². The zero-order chi connectivity index (χ0) is 12.4. The van der Waals surface area contributed by atoms with Crippen LogP contribution in [0.15, 0.2) is 23.1 Å². The first-order valence-corrected chi connectivity index (χ1v) is 6.87. The Kier molecular flexibility index (Phi) is 3.89. The molecule has 3 atom stereocenters. The van der Waals surface area contributed by atoms with Gasteiger partial charge in [-0.15, -0.1) is 0 Å². The predicted octanol–water partition coefficient (Wildman–Crippen LogP) is 2.21. The Hall–Kier alpha value is -0.810. The van der Waals surface area contributed by atoms with Crippen LogP contribution in [0.3, 0.4) is 0 Å². The number of rotatable bonds is 3. The normalized spacial score (nSPS) is 26.1. The lowest BCUT2D eigenvalue weighted by Crippen LogP contribution is -2.35. The van der Waals surface area contributed by atoms with Gasteiger partial charge < -0.3 is 5.32 Å². The summed E-state index contributed by atoms with van der Waals surface area (Å²) >= 11 is 0. The van der Waals surface area contributed by atoms with Gasteiger partial charge >= 0.3 is 0 Å². The Morgan fingerprint density at radius 1 is 1.35 bits per heavy atom. The van der Waals surface area contributed by atoms with Gasteiger partial charge in [0.05, 0.1) is 20.9 Å². The molecule has 1 aliphatic carbocycles. The van der Waals surface area contributed by atoms with Gasteiger partial charge in [-0.05, 0) is 38.1 Å². The Morgan fingerprint density at radius 2 is 2.12 bits per heavy atom. The van der Waals surface area contributed by atoms with Gasteiger partial charge in [-0.25, -0.2) is 8.78 Å². The molecule has 0 aliphatic heterocycles. The maximum atomic E-state index is 13.5. The molecule has 0 spiro atoms. The second-order valence-electron chi connectivity index (χ2n) is 4.24. The molecule has 0 saturated heterocycles. The summed E-state index contributed by atoms with van der Waals surface area (Å²) in [6, 6.07) is 3.24. The lowest BCUT2D eigenvalue weighted by molar-refractivity contribution is 0.557. The van der Waals surface area contributed by atoms with Crippen LogP contribution in [0.1, 0.15) is 19.3 Å². The molecular weight excluding hydrogens is 244 g/mol. The zero-order valence-electron chi connectivity index (χ0n) is 9.58. The summed E-state index contributed by atoms with van der Waals surface area (Å²) in [5.41, 5.74) is 0. The second-order valence-corrected chi connectivity index (χ2v) is 5.88. The third-order valence-electron chi connectivity index (χ3n) is 3.21. The second kappa shape index (κ2) is 5.23. The topological polar surface area (TPSA) is 29.1 Å². The van der Waals surface area contributed by atoms with E-state index in [2.05, 4.69) is 5.32 Å². The van der Waals surface area contributed by atoms with E-state index in [1.165, 1.54) is 0 Å². The van der Waals surface area contributed by atoms with Crippen LogP contribution in [0.4, 0.5) is 8.78 Å². The molecular formula is C12H15F2NOS. The molecule has 0 heterocycles. The van der Waals surface area contributed by atoms with Gasteiger partial charge in [0.25, 0.3) is 0 Å². The molecule has 1 aromatic carbocycles. The Morgan fingerprint density at radius 3 is 2.82 bits per heavy atom. The third kappa shape index (κ3) is 2.55. The third-order valence-corrected chi connectivity index (χ3v) is 5.07. The number of halogens is 2. The summed E-state index contributed by atoms with van der Waals surface area (Å²) in [4.78, 5) is -0.0165. The molecule has 1 aliphatic rings. The van der Waals surface area contributed by atoms with Crippen molar-refractivity contribution in [2.75, 3.05) is 7.05 Å². The van der Waals surface area contributed by atoms with Crippen LogP contribution >= 0.6 is 0 Å². The molecule has 0 aromatic heterocycles. The first kappa shape index (κ1) is 12.6. The van der Waals surface area contributed by atoms with E-state index in [1.54, 1.807) is 0 Å². The van der Waals surface area contributed by atoms with E-state index in [1.807, 2.05) is 7.05 Å². The fourth-order valence-corrected chi connectivity index (χ4v) is 4.07. The highest BCUT2D eigenvalue weighted by Crippen LogP contribution is 2.28. The number of hydrogen-bond acceptors (Lipinski definition) is 2. The average molecular weight is 259 g/mol. The zero-order valence-corrected chi connectivity index (χ0v) is 10.4. The van der Waals surface area contributed by atoms with Gasteiger partial charge in [0.2, 0.25) is 0 Å². The molecule has 0 amide bonds. The summed E-state index contributed by atoms with van der Waals surface area (Å²) < 4.78 is 38.8. The average Bonchev–Trinajstić information content (AvgIpc) is 2.79. The van der Waals surface area contributed by atoms with Gasteiger partial charge in [-0.1, -0.05) is 6.42 Å². The standard InChI is InChI=1S/C12H15F2NOS/c1-15-10-3-2-4-11(10)17(16)12-7-8(13)5-6-9(12)14/h5-7,10-11,15H,2-4H2,1H3. The van der Waals surface area contributed by atoms with Gasteiger partial charge in [0.1, 0.15) is 11.6 Å². The fourth-order valence-electron chi connectivity index (χ4n) is 2.31. The molecule has 1 fully saturated rings. The van der Waals surface area contributed by atoms with Crippen LogP contribution < -0.4 is 5.32 Å². The molecule has 2 rings (SSSR count). The molecule has 1 saturated carbocycles. The lowest BCUT2D eigenvalue weighted by atomic mass is 10.2. The van der Waals surface area contributed by atoms with Gasteiger partial charge in [-0.3, -0.25) is 4.21 Å². The minimum Gasteiger partial charge on any atom is -0.316 e. The quantitative estimate of drug-likeness (QED) is 0.901. The Bertz CT molecular complexity index is 439. The number of benzene rings is 1. The SMILES string of the molecule is CNC1CCCC1S(=O)c1cc(F)ccc1F. The Labute approximate surface area is 102 Å². The van der Waals surface area contributed by atoms with Gasteiger partial charge in [-0.2, -0.15) is 0 Å². The van der Waals surface area contributed by atoms with E-state index in [0.717, 1.165) is 37.5 Å². The number of nitrogens with one attached hydrogen (secondary N) is 1.